The van der Waals surface area contributed by atoms with E-state index in [1.54, 1.807) is 33.9 Å². The number of carboxylic acid groups (broad SMARTS) is 1. The van der Waals surface area contributed by atoms with Crippen LogP contribution < -0.4 is 5.32 Å². The second-order valence-corrected chi connectivity index (χ2v) is 8.67. The molecule has 1 unspecified atom stereocenters. The SMILES string of the molecule is CCOC(CF)(OCC)[C@H](CC(=O)O)NC(=O)C1(C(C)C)CC(c2nccc3ccccc23)=NO1. The summed E-state index contributed by atoms with van der Waals surface area (Å²) in [7, 11) is 0. The zero-order valence-corrected chi connectivity index (χ0v) is 20.4. The van der Waals surface area contributed by atoms with E-state index in [1.807, 2.05) is 30.3 Å². The predicted octanol–water partition coefficient (Wildman–Crippen LogP) is 3.45. The third-order valence-corrected chi connectivity index (χ3v) is 6.19. The van der Waals surface area contributed by atoms with Gasteiger partial charge in [0.2, 0.25) is 11.4 Å². The van der Waals surface area contributed by atoms with Crippen molar-refractivity contribution >= 4 is 28.4 Å². The first kappa shape index (κ1) is 26.5. The lowest BCUT2D eigenvalue weighted by atomic mass is 9.83. The number of ether oxygens (including phenoxy) is 2. The van der Waals surface area contributed by atoms with Crippen molar-refractivity contribution in [2.45, 2.75) is 58.0 Å². The van der Waals surface area contributed by atoms with E-state index >= 15 is 0 Å². The number of oxime groups is 1. The normalized spacial score (nSPS) is 18.9. The molecule has 10 heteroatoms. The minimum Gasteiger partial charge on any atom is -0.481 e. The van der Waals surface area contributed by atoms with Gasteiger partial charge in [-0.15, -0.1) is 0 Å². The highest BCUT2D eigenvalue weighted by Crippen LogP contribution is 2.36. The Morgan fingerprint density at radius 2 is 1.91 bits per heavy atom. The average molecular weight is 490 g/mol. The van der Waals surface area contributed by atoms with Crippen LogP contribution in [0.2, 0.25) is 0 Å². The smallest absolute Gasteiger partial charge is 0.305 e. The molecule has 0 saturated heterocycles. The minimum atomic E-state index is -1.95. The van der Waals surface area contributed by atoms with E-state index in [-0.39, 0.29) is 25.6 Å². The van der Waals surface area contributed by atoms with Crippen LogP contribution in [0.25, 0.3) is 10.8 Å². The van der Waals surface area contributed by atoms with Crippen molar-refractivity contribution < 1.29 is 33.4 Å². The summed E-state index contributed by atoms with van der Waals surface area (Å²) in [5.74, 6) is -4.18. The third-order valence-electron chi connectivity index (χ3n) is 6.19. The van der Waals surface area contributed by atoms with Crippen molar-refractivity contribution in [1.29, 1.82) is 0 Å². The van der Waals surface area contributed by atoms with Crippen LogP contribution in [0.15, 0.2) is 41.7 Å². The van der Waals surface area contributed by atoms with E-state index in [4.69, 9.17) is 14.3 Å². The largest absolute Gasteiger partial charge is 0.481 e. The molecule has 0 fully saturated rings. The monoisotopic (exact) mass is 489 g/mol. The van der Waals surface area contributed by atoms with Crippen LogP contribution in [0.5, 0.6) is 0 Å². The van der Waals surface area contributed by atoms with Crippen LogP contribution in [0.3, 0.4) is 0 Å². The van der Waals surface area contributed by atoms with E-state index in [2.05, 4.69) is 15.5 Å². The Kier molecular flexibility index (Phi) is 8.39. The Bertz CT molecular complexity index is 1080. The highest BCUT2D eigenvalue weighted by atomic mass is 19.1. The van der Waals surface area contributed by atoms with Crippen molar-refractivity contribution in [3.05, 3.63) is 42.2 Å². The Hall–Kier alpha value is -3.11. The quantitative estimate of drug-likeness (QED) is 0.438. The average Bonchev–Trinajstić information content (AvgIpc) is 3.29. The maximum absolute atomic E-state index is 14.2. The molecule has 9 nitrogen and oxygen atoms in total. The molecule has 0 bridgehead atoms. The van der Waals surface area contributed by atoms with Crippen molar-refractivity contribution in [2.75, 3.05) is 19.9 Å². The van der Waals surface area contributed by atoms with Crippen molar-refractivity contribution in [3.8, 4) is 0 Å². The standard InChI is InChI=1S/C25H32FN3O6/c1-5-33-25(15-26,34-6-2)20(13-21(30)31)28-23(32)24(16(3)4)14-19(29-35-24)22-18-10-8-7-9-17(18)11-12-27-22/h7-12,16,20H,5-6,13-15H2,1-4H3,(H,28,32)(H,30,31)/t20-,24?/m0/s1. The van der Waals surface area contributed by atoms with E-state index < -0.39 is 42.4 Å². The van der Waals surface area contributed by atoms with E-state index in [1.165, 1.54) is 0 Å². The molecule has 3 rings (SSSR count). The molecule has 2 N–H and O–H groups in total. The second kappa shape index (κ2) is 11.1. The molecule has 2 atom stereocenters. The number of carboxylic acids is 1. The number of nitrogens with one attached hydrogen (secondary N) is 1. The van der Waals surface area contributed by atoms with Gasteiger partial charge in [0.1, 0.15) is 12.4 Å². The summed E-state index contributed by atoms with van der Waals surface area (Å²) in [5, 5.41) is 18.2. The van der Waals surface area contributed by atoms with Crippen LogP contribution in [0.1, 0.15) is 46.2 Å². The fraction of sp³-hybridized carbons (Fsp3) is 0.520. The number of amides is 1. The molecular weight excluding hydrogens is 457 g/mol. The molecule has 0 spiro atoms. The summed E-state index contributed by atoms with van der Waals surface area (Å²) in [5.41, 5.74) is -0.361. The summed E-state index contributed by atoms with van der Waals surface area (Å²) < 4.78 is 25.3. The van der Waals surface area contributed by atoms with Gasteiger partial charge in [0.25, 0.3) is 5.91 Å². The first-order chi connectivity index (χ1) is 16.7. The number of alkyl halides is 1. The lowest BCUT2D eigenvalue weighted by Crippen LogP contribution is -2.62. The topological polar surface area (TPSA) is 119 Å². The van der Waals surface area contributed by atoms with E-state index in [0.29, 0.717) is 11.4 Å². The summed E-state index contributed by atoms with van der Waals surface area (Å²) in [6.07, 6.45) is 1.16. The molecule has 2 heterocycles. The van der Waals surface area contributed by atoms with Gasteiger partial charge in [-0.1, -0.05) is 43.3 Å². The number of benzene rings is 1. The fourth-order valence-electron chi connectivity index (χ4n) is 4.29. The number of carbonyl (C=O) groups excluding carboxylic acids is 1. The highest BCUT2D eigenvalue weighted by Gasteiger charge is 2.53. The number of carbonyl (C=O) groups is 2. The zero-order valence-electron chi connectivity index (χ0n) is 20.4. The Morgan fingerprint density at radius 1 is 1.23 bits per heavy atom. The first-order valence-corrected chi connectivity index (χ1v) is 11.7. The Balaban J connectivity index is 1.93. The lowest BCUT2D eigenvalue weighted by molar-refractivity contribution is -0.258. The van der Waals surface area contributed by atoms with Gasteiger partial charge < -0.3 is 24.7 Å². The van der Waals surface area contributed by atoms with Crippen LogP contribution in [-0.2, 0) is 23.9 Å². The number of rotatable bonds is 12. The fourth-order valence-corrected chi connectivity index (χ4v) is 4.29. The Labute approximate surface area is 203 Å². The van der Waals surface area contributed by atoms with Gasteiger partial charge in [-0.3, -0.25) is 14.6 Å². The van der Waals surface area contributed by atoms with Crippen molar-refractivity contribution in [3.63, 3.8) is 0 Å². The summed E-state index contributed by atoms with van der Waals surface area (Å²) in [4.78, 5) is 35.5. The molecule has 190 valence electrons. The lowest BCUT2D eigenvalue weighted by Gasteiger charge is -2.39. The van der Waals surface area contributed by atoms with E-state index in [0.717, 1.165) is 10.8 Å². The molecule has 0 aliphatic carbocycles. The molecule has 1 aliphatic rings. The molecule has 2 aromatic rings. The summed E-state index contributed by atoms with van der Waals surface area (Å²) in [6, 6.07) is 8.25. The van der Waals surface area contributed by atoms with Crippen LogP contribution in [0, 0.1) is 5.92 Å². The maximum atomic E-state index is 14.2. The number of fused-ring (bicyclic) bond motifs is 1. The Morgan fingerprint density at radius 3 is 2.51 bits per heavy atom. The maximum Gasteiger partial charge on any atom is 0.305 e. The van der Waals surface area contributed by atoms with Gasteiger partial charge in [0.15, 0.2) is 0 Å². The molecule has 0 radical (unpaired) electrons. The third kappa shape index (κ3) is 5.28. The van der Waals surface area contributed by atoms with Crippen molar-refractivity contribution in [2.24, 2.45) is 11.1 Å². The van der Waals surface area contributed by atoms with E-state index in [9.17, 15) is 19.1 Å². The molecule has 1 aromatic heterocycles. The number of aromatic nitrogens is 1. The molecule has 1 amide bonds. The number of pyridine rings is 1. The number of hydrogen-bond acceptors (Lipinski definition) is 7. The number of halogens is 1. The van der Waals surface area contributed by atoms with Gasteiger partial charge in [0, 0.05) is 37.1 Å². The van der Waals surface area contributed by atoms with Gasteiger partial charge >= 0.3 is 5.97 Å². The van der Waals surface area contributed by atoms with Gasteiger partial charge in [0.05, 0.1) is 18.2 Å². The minimum absolute atomic E-state index is 0.0573. The number of nitrogens with zero attached hydrogens (tertiary/aromatic N) is 2. The van der Waals surface area contributed by atoms with Crippen LogP contribution in [0.4, 0.5) is 4.39 Å². The van der Waals surface area contributed by atoms with Crippen LogP contribution >= 0.6 is 0 Å². The second-order valence-electron chi connectivity index (χ2n) is 8.67. The molecule has 1 aromatic carbocycles. The predicted molar refractivity (Wildman–Crippen MR) is 128 cm³/mol. The highest BCUT2D eigenvalue weighted by molar-refractivity contribution is 6.11. The van der Waals surface area contributed by atoms with Crippen LogP contribution in [-0.4, -0.2) is 65.0 Å². The molecule has 0 saturated carbocycles. The molecule has 1 aliphatic heterocycles. The molecular formula is C25H32FN3O6. The van der Waals surface area contributed by atoms with Gasteiger partial charge in [-0.05, 0) is 25.3 Å². The van der Waals surface area contributed by atoms with Gasteiger partial charge in [-0.25, -0.2) is 4.39 Å². The zero-order chi connectivity index (χ0) is 25.6. The number of hydrogen-bond donors (Lipinski definition) is 2. The number of aliphatic carboxylic acids is 1. The van der Waals surface area contributed by atoms with Gasteiger partial charge in [-0.2, -0.15) is 0 Å². The molecule has 35 heavy (non-hydrogen) atoms. The summed E-state index contributed by atoms with van der Waals surface area (Å²) in [6.45, 7) is 5.84. The first-order valence-electron chi connectivity index (χ1n) is 11.7. The summed E-state index contributed by atoms with van der Waals surface area (Å²) >= 11 is 0. The van der Waals surface area contributed by atoms with Crippen molar-refractivity contribution in [1.82, 2.24) is 10.3 Å².